The molecule has 27 heavy (non-hydrogen) atoms. The number of hydrogen-bond donors (Lipinski definition) is 0. The zero-order valence-electron chi connectivity index (χ0n) is 15.6. The molecule has 4 rings (SSSR count). The summed E-state index contributed by atoms with van der Waals surface area (Å²) in [7, 11) is 0. The van der Waals surface area contributed by atoms with Crippen molar-refractivity contribution in [2.45, 2.75) is 27.1 Å². The summed E-state index contributed by atoms with van der Waals surface area (Å²) in [6, 6.07) is 6.09. The molecule has 0 N–H and O–H groups in total. The lowest BCUT2D eigenvalue weighted by atomic mass is 10.1. The second-order valence-electron chi connectivity index (χ2n) is 7.00. The van der Waals surface area contributed by atoms with Crippen molar-refractivity contribution in [3.8, 4) is 11.5 Å². The van der Waals surface area contributed by atoms with E-state index in [2.05, 4.69) is 21.0 Å². The van der Waals surface area contributed by atoms with E-state index in [1.165, 1.54) is 5.56 Å². The lowest BCUT2D eigenvalue weighted by Crippen LogP contribution is -2.46. The van der Waals surface area contributed by atoms with Crippen LogP contribution in [0, 0.1) is 24.0 Å². The first-order chi connectivity index (χ1) is 13.0. The Kier molecular flexibility index (Phi) is 4.71. The minimum absolute atomic E-state index is 0.122. The molecular formula is C18H23N5O4. The smallest absolute Gasteiger partial charge is 0.312 e. The minimum atomic E-state index is -0.350. The van der Waals surface area contributed by atoms with Gasteiger partial charge in [-0.15, -0.1) is 0 Å². The molecule has 2 aliphatic rings. The van der Waals surface area contributed by atoms with Gasteiger partial charge in [-0.2, -0.15) is 5.10 Å². The second-order valence-corrected chi connectivity index (χ2v) is 7.00. The molecule has 3 heterocycles. The molecule has 0 bridgehead atoms. The highest BCUT2D eigenvalue weighted by atomic mass is 16.7. The van der Waals surface area contributed by atoms with Crippen molar-refractivity contribution in [3.05, 3.63) is 45.3 Å². The molecule has 2 aliphatic heterocycles. The third-order valence-corrected chi connectivity index (χ3v) is 5.17. The molecule has 1 aromatic carbocycles. The predicted octanol–water partition coefficient (Wildman–Crippen LogP) is 1.91. The monoisotopic (exact) mass is 373 g/mol. The lowest BCUT2D eigenvalue weighted by molar-refractivity contribution is -0.386. The number of nitrogens with zero attached hydrogens (tertiary/aromatic N) is 5. The molecule has 1 aromatic heterocycles. The van der Waals surface area contributed by atoms with E-state index in [1.54, 1.807) is 18.5 Å². The van der Waals surface area contributed by atoms with Gasteiger partial charge in [0.1, 0.15) is 11.4 Å². The maximum atomic E-state index is 11.2. The Hall–Kier alpha value is -2.65. The number of aromatic nitrogens is 2. The van der Waals surface area contributed by atoms with E-state index < -0.39 is 0 Å². The van der Waals surface area contributed by atoms with Crippen molar-refractivity contribution in [2.24, 2.45) is 0 Å². The van der Waals surface area contributed by atoms with Gasteiger partial charge in [0.15, 0.2) is 11.5 Å². The van der Waals surface area contributed by atoms with Crippen LogP contribution in [0.2, 0.25) is 0 Å². The third kappa shape index (κ3) is 3.60. The van der Waals surface area contributed by atoms with Gasteiger partial charge in [-0.05, 0) is 31.5 Å². The second kappa shape index (κ2) is 7.16. The molecule has 144 valence electrons. The van der Waals surface area contributed by atoms with Gasteiger partial charge in [-0.25, -0.2) is 4.68 Å². The van der Waals surface area contributed by atoms with Crippen LogP contribution in [0.4, 0.5) is 5.69 Å². The van der Waals surface area contributed by atoms with E-state index in [0.717, 1.165) is 44.2 Å². The molecule has 1 saturated heterocycles. The van der Waals surface area contributed by atoms with Crippen LogP contribution in [0.3, 0.4) is 0 Å². The van der Waals surface area contributed by atoms with Crippen LogP contribution < -0.4 is 9.47 Å². The fraction of sp³-hybridized carbons (Fsp3) is 0.500. The van der Waals surface area contributed by atoms with Crippen molar-refractivity contribution in [2.75, 3.05) is 33.0 Å². The number of aryl methyl sites for hydroxylation is 1. The lowest BCUT2D eigenvalue weighted by Gasteiger charge is -2.34. The normalized spacial score (nSPS) is 17.4. The number of ether oxygens (including phenoxy) is 2. The topological polar surface area (TPSA) is 85.9 Å². The van der Waals surface area contributed by atoms with Crippen molar-refractivity contribution in [1.82, 2.24) is 19.6 Å². The number of nitro groups is 1. The van der Waals surface area contributed by atoms with Crippen LogP contribution >= 0.6 is 0 Å². The standard InChI is InChI=1S/C18H23N5O4/c1-13-18(23(24)25)14(2)22(19-13)11-21-7-5-20(6-8-21)10-15-3-4-16-17(9-15)27-12-26-16/h3-4,9H,5-8,10-12H2,1-2H3. The van der Waals surface area contributed by atoms with Crippen molar-refractivity contribution < 1.29 is 14.4 Å². The summed E-state index contributed by atoms with van der Waals surface area (Å²) in [5.74, 6) is 1.62. The number of benzene rings is 1. The molecule has 0 aliphatic carbocycles. The zero-order valence-corrected chi connectivity index (χ0v) is 15.6. The Morgan fingerprint density at radius 3 is 2.52 bits per heavy atom. The Bertz CT molecular complexity index is 858. The van der Waals surface area contributed by atoms with Crippen LogP contribution in [-0.4, -0.2) is 57.5 Å². The minimum Gasteiger partial charge on any atom is -0.454 e. The Morgan fingerprint density at radius 2 is 1.81 bits per heavy atom. The van der Waals surface area contributed by atoms with Gasteiger partial charge in [0, 0.05) is 32.7 Å². The van der Waals surface area contributed by atoms with Crippen molar-refractivity contribution in [1.29, 1.82) is 0 Å². The molecule has 0 spiro atoms. The summed E-state index contributed by atoms with van der Waals surface area (Å²) in [6.45, 7) is 8.87. The van der Waals surface area contributed by atoms with E-state index in [4.69, 9.17) is 9.47 Å². The molecule has 0 unspecified atom stereocenters. The molecule has 0 amide bonds. The summed E-state index contributed by atoms with van der Waals surface area (Å²) in [5, 5.41) is 15.5. The highest BCUT2D eigenvalue weighted by Crippen LogP contribution is 2.32. The van der Waals surface area contributed by atoms with Crippen molar-refractivity contribution >= 4 is 5.69 Å². The van der Waals surface area contributed by atoms with E-state index >= 15 is 0 Å². The van der Waals surface area contributed by atoms with Gasteiger partial charge < -0.3 is 9.47 Å². The fourth-order valence-corrected chi connectivity index (χ4v) is 3.67. The van der Waals surface area contributed by atoms with Gasteiger partial charge in [0.05, 0.1) is 11.6 Å². The van der Waals surface area contributed by atoms with E-state index in [-0.39, 0.29) is 10.6 Å². The molecule has 9 nitrogen and oxygen atoms in total. The first kappa shape index (κ1) is 17.7. The zero-order chi connectivity index (χ0) is 19.0. The fourth-order valence-electron chi connectivity index (χ4n) is 3.67. The van der Waals surface area contributed by atoms with Crippen LogP contribution in [0.5, 0.6) is 11.5 Å². The average molecular weight is 373 g/mol. The summed E-state index contributed by atoms with van der Waals surface area (Å²) in [6.07, 6.45) is 0. The number of hydrogen-bond acceptors (Lipinski definition) is 7. The SMILES string of the molecule is Cc1nn(CN2CCN(Cc3ccc4c(c3)OCO4)CC2)c(C)c1[N+](=O)[O-]. The highest BCUT2D eigenvalue weighted by Gasteiger charge is 2.24. The number of rotatable bonds is 5. The van der Waals surface area contributed by atoms with E-state index in [9.17, 15) is 10.1 Å². The van der Waals surface area contributed by atoms with Gasteiger partial charge in [-0.1, -0.05) is 6.07 Å². The summed E-state index contributed by atoms with van der Waals surface area (Å²) in [5.41, 5.74) is 2.41. The average Bonchev–Trinajstić information content (AvgIpc) is 3.20. The summed E-state index contributed by atoms with van der Waals surface area (Å²) in [4.78, 5) is 15.5. The highest BCUT2D eigenvalue weighted by molar-refractivity contribution is 5.44. The maximum Gasteiger partial charge on any atom is 0.312 e. The van der Waals surface area contributed by atoms with Gasteiger partial charge in [-0.3, -0.25) is 19.9 Å². The summed E-state index contributed by atoms with van der Waals surface area (Å²) >= 11 is 0. The van der Waals surface area contributed by atoms with Crippen LogP contribution in [0.15, 0.2) is 18.2 Å². The maximum absolute atomic E-state index is 11.2. The van der Waals surface area contributed by atoms with Gasteiger partial charge in [0.25, 0.3) is 0 Å². The molecule has 1 fully saturated rings. The van der Waals surface area contributed by atoms with Crippen LogP contribution in [-0.2, 0) is 13.2 Å². The van der Waals surface area contributed by atoms with Gasteiger partial charge in [0.2, 0.25) is 6.79 Å². The van der Waals surface area contributed by atoms with Gasteiger partial charge >= 0.3 is 5.69 Å². The molecule has 0 radical (unpaired) electrons. The van der Waals surface area contributed by atoms with E-state index in [0.29, 0.717) is 24.8 Å². The molecule has 2 aromatic rings. The van der Waals surface area contributed by atoms with Crippen molar-refractivity contribution in [3.63, 3.8) is 0 Å². The van der Waals surface area contributed by atoms with Crippen LogP contribution in [0.1, 0.15) is 17.0 Å². The first-order valence-electron chi connectivity index (χ1n) is 9.03. The molecule has 9 heteroatoms. The number of fused-ring (bicyclic) bond motifs is 1. The quantitative estimate of drug-likeness (QED) is 0.584. The predicted molar refractivity (Wildman–Crippen MR) is 97.8 cm³/mol. The first-order valence-corrected chi connectivity index (χ1v) is 9.03. The number of piperazine rings is 1. The van der Waals surface area contributed by atoms with E-state index in [1.807, 2.05) is 12.1 Å². The third-order valence-electron chi connectivity index (χ3n) is 5.17. The molecular weight excluding hydrogens is 350 g/mol. The summed E-state index contributed by atoms with van der Waals surface area (Å²) < 4.78 is 12.5. The molecule has 0 saturated carbocycles. The molecule has 0 atom stereocenters. The largest absolute Gasteiger partial charge is 0.454 e. The Balaban J connectivity index is 1.33. The Morgan fingerprint density at radius 1 is 1.11 bits per heavy atom. The Labute approximate surface area is 157 Å². The van der Waals surface area contributed by atoms with Crippen LogP contribution in [0.25, 0.3) is 0 Å².